The van der Waals surface area contributed by atoms with E-state index in [9.17, 15) is 13.2 Å². The minimum atomic E-state index is -3.63. The Morgan fingerprint density at radius 3 is 2.86 bits per heavy atom. The van der Waals surface area contributed by atoms with Crippen molar-refractivity contribution >= 4 is 33.4 Å². The molecule has 0 bridgehead atoms. The van der Waals surface area contributed by atoms with Crippen molar-refractivity contribution in [2.75, 3.05) is 19.8 Å². The molecule has 2 aliphatic heterocycles. The number of benzene rings is 2. The molecule has 2 heterocycles. The van der Waals surface area contributed by atoms with Gasteiger partial charge in [0.1, 0.15) is 12.4 Å². The van der Waals surface area contributed by atoms with Crippen molar-refractivity contribution in [1.82, 2.24) is 10.0 Å². The van der Waals surface area contributed by atoms with Gasteiger partial charge < -0.3 is 14.8 Å². The molecule has 2 aromatic rings. The summed E-state index contributed by atoms with van der Waals surface area (Å²) in [6.07, 6.45) is 0.768. The standard InChI is InChI=1S/C19H18ClN3O5S/c20-14-8-12(9-15-18(14)28-7-3-6-27-15)10-21-17(24)11-22-19-13-4-1-2-5-16(13)29(25,26)23-19/h1-2,4-5,8-9H,3,6-7,10-11H2,(H,21,24)(H,22,23). The van der Waals surface area contributed by atoms with Crippen LogP contribution in [-0.4, -0.2) is 39.9 Å². The molecule has 0 aromatic heterocycles. The number of ether oxygens (including phenoxy) is 2. The molecule has 152 valence electrons. The number of hydrogen-bond acceptors (Lipinski definition) is 6. The second kappa shape index (κ2) is 7.92. The lowest BCUT2D eigenvalue weighted by Gasteiger charge is -2.12. The third kappa shape index (κ3) is 4.15. The molecule has 0 atom stereocenters. The van der Waals surface area contributed by atoms with Crippen molar-refractivity contribution in [3.05, 3.63) is 52.5 Å². The van der Waals surface area contributed by atoms with Crippen LogP contribution in [0.3, 0.4) is 0 Å². The predicted molar refractivity (Wildman–Crippen MR) is 107 cm³/mol. The van der Waals surface area contributed by atoms with Crippen LogP contribution >= 0.6 is 11.6 Å². The maximum atomic E-state index is 12.2. The minimum absolute atomic E-state index is 0.154. The molecular formula is C19H18ClN3O5S. The maximum absolute atomic E-state index is 12.2. The Labute approximate surface area is 172 Å². The van der Waals surface area contributed by atoms with E-state index < -0.39 is 10.0 Å². The van der Waals surface area contributed by atoms with E-state index in [4.69, 9.17) is 21.1 Å². The van der Waals surface area contributed by atoms with E-state index >= 15 is 0 Å². The molecule has 10 heteroatoms. The fourth-order valence-corrected chi connectivity index (χ4v) is 4.58. The summed E-state index contributed by atoms with van der Waals surface area (Å²) in [5.74, 6) is 0.868. The fourth-order valence-electron chi connectivity index (χ4n) is 3.04. The van der Waals surface area contributed by atoms with Crippen LogP contribution in [0.15, 0.2) is 46.3 Å². The Bertz CT molecular complexity index is 1100. The number of carbonyl (C=O) groups excluding carboxylic acids is 1. The normalized spacial score (nSPS) is 17.9. The summed E-state index contributed by atoms with van der Waals surface area (Å²) in [4.78, 5) is 16.5. The van der Waals surface area contributed by atoms with Crippen LogP contribution in [0.4, 0.5) is 0 Å². The van der Waals surface area contributed by atoms with Crippen LogP contribution in [-0.2, 0) is 21.4 Å². The lowest BCUT2D eigenvalue weighted by Crippen LogP contribution is -2.28. The number of hydrogen-bond donors (Lipinski definition) is 2. The summed E-state index contributed by atoms with van der Waals surface area (Å²) in [6, 6.07) is 9.97. The third-order valence-electron chi connectivity index (χ3n) is 4.40. The second-order valence-electron chi connectivity index (χ2n) is 6.50. The van der Waals surface area contributed by atoms with Gasteiger partial charge in [-0.1, -0.05) is 23.7 Å². The topological polar surface area (TPSA) is 106 Å². The molecule has 0 saturated carbocycles. The van der Waals surface area contributed by atoms with Crippen molar-refractivity contribution in [2.45, 2.75) is 17.9 Å². The first kappa shape index (κ1) is 19.5. The molecule has 1 amide bonds. The van der Waals surface area contributed by atoms with E-state index in [1.165, 1.54) is 6.07 Å². The van der Waals surface area contributed by atoms with Crippen LogP contribution in [0, 0.1) is 0 Å². The summed E-state index contributed by atoms with van der Waals surface area (Å²) in [7, 11) is -3.63. The van der Waals surface area contributed by atoms with Gasteiger partial charge in [0.2, 0.25) is 5.91 Å². The zero-order valence-corrected chi connectivity index (χ0v) is 16.8. The monoisotopic (exact) mass is 435 g/mol. The number of fused-ring (bicyclic) bond motifs is 2. The Morgan fingerprint density at radius 1 is 1.21 bits per heavy atom. The van der Waals surface area contributed by atoms with Gasteiger partial charge in [-0.05, 0) is 29.8 Å². The van der Waals surface area contributed by atoms with E-state index in [1.807, 2.05) is 0 Å². The maximum Gasteiger partial charge on any atom is 0.263 e. The number of sulfonamides is 1. The number of aliphatic imine (C=N–C) groups is 1. The lowest BCUT2D eigenvalue weighted by molar-refractivity contribution is -0.119. The zero-order valence-electron chi connectivity index (χ0n) is 15.3. The summed E-state index contributed by atoms with van der Waals surface area (Å²) in [5.41, 5.74) is 1.21. The third-order valence-corrected chi connectivity index (χ3v) is 6.07. The molecule has 29 heavy (non-hydrogen) atoms. The molecule has 0 saturated heterocycles. The van der Waals surface area contributed by atoms with Gasteiger partial charge in [-0.2, -0.15) is 0 Å². The molecule has 0 radical (unpaired) electrons. The Hall–Kier alpha value is -2.78. The van der Waals surface area contributed by atoms with Gasteiger partial charge in [0, 0.05) is 18.5 Å². The molecule has 0 fully saturated rings. The number of amidine groups is 1. The van der Waals surface area contributed by atoms with E-state index in [1.54, 1.807) is 30.3 Å². The van der Waals surface area contributed by atoms with Gasteiger partial charge in [0.15, 0.2) is 11.5 Å². The van der Waals surface area contributed by atoms with Crippen LogP contribution in [0.5, 0.6) is 11.5 Å². The van der Waals surface area contributed by atoms with Gasteiger partial charge in [-0.25, -0.2) is 8.42 Å². The van der Waals surface area contributed by atoms with Crippen LogP contribution in [0.25, 0.3) is 0 Å². The number of carbonyl (C=O) groups is 1. The Kier molecular flexibility index (Phi) is 5.33. The SMILES string of the molecule is O=C(CN=C1NS(=O)(=O)c2ccccc21)NCc1cc(Cl)c2c(c1)OCCCO2. The van der Waals surface area contributed by atoms with E-state index in [2.05, 4.69) is 15.0 Å². The van der Waals surface area contributed by atoms with Crippen molar-refractivity contribution < 1.29 is 22.7 Å². The summed E-state index contributed by atoms with van der Waals surface area (Å²) in [6.45, 7) is 1.08. The number of halogens is 1. The lowest BCUT2D eigenvalue weighted by atomic mass is 10.2. The molecule has 8 nitrogen and oxygen atoms in total. The molecule has 4 rings (SSSR count). The van der Waals surface area contributed by atoms with Gasteiger partial charge in [-0.3, -0.25) is 14.5 Å². The van der Waals surface area contributed by atoms with Crippen LogP contribution in [0.1, 0.15) is 17.5 Å². The molecule has 2 N–H and O–H groups in total. The van der Waals surface area contributed by atoms with Gasteiger partial charge in [0.25, 0.3) is 10.0 Å². The van der Waals surface area contributed by atoms with Crippen molar-refractivity contribution in [1.29, 1.82) is 0 Å². The predicted octanol–water partition coefficient (Wildman–Crippen LogP) is 1.86. The smallest absolute Gasteiger partial charge is 0.263 e. The highest BCUT2D eigenvalue weighted by atomic mass is 35.5. The van der Waals surface area contributed by atoms with Crippen molar-refractivity contribution in [3.63, 3.8) is 0 Å². The number of nitrogens with zero attached hydrogens (tertiary/aromatic N) is 1. The molecule has 2 aliphatic rings. The highest BCUT2D eigenvalue weighted by Gasteiger charge is 2.30. The fraction of sp³-hybridized carbons (Fsp3) is 0.263. The quantitative estimate of drug-likeness (QED) is 0.762. The van der Waals surface area contributed by atoms with Gasteiger partial charge >= 0.3 is 0 Å². The highest BCUT2D eigenvalue weighted by molar-refractivity contribution is 7.90. The van der Waals surface area contributed by atoms with Crippen LogP contribution < -0.4 is 19.5 Å². The van der Waals surface area contributed by atoms with E-state index in [0.29, 0.717) is 35.3 Å². The molecular weight excluding hydrogens is 418 g/mol. The van der Waals surface area contributed by atoms with E-state index in [-0.39, 0.29) is 29.7 Å². The Morgan fingerprint density at radius 2 is 2.00 bits per heavy atom. The number of nitrogens with one attached hydrogen (secondary N) is 2. The van der Waals surface area contributed by atoms with Gasteiger partial charge in [-0.15, -0.1) is 0 Å². The van der Waals surface area contributed by atoms with Crippen molar-refractivity contribution in [2.24, 2.45) is 4.99 Å². The van der Waals surface area contributed by atoms with Crippen molar-refractivity contribution in [3.8, 4) is 11.5 Å². The first-order valence-corrected chi connectivity index (χ1v) is 10.8. The zero-order chi connectivity index (χ0) is 20.4. The molecule has 2 aromatic carbocycles. The first-order chi connectivity index (χ1) is 13.9. The minimum Gasteiger partial charge on any atom is -0.489 e. The first-order valence-electron chi connectivity index (χ1n) is 8.95. The van der Waals surface area contributed by atoms with Crippen LogP contribution in [0.2, 0.25) is 5.02 Å². The summed E-state index contributed by atoms with van der Waals surface area (Å²) >= 11 is 6.25. The Balaban J connectivity index is 1.41. The second-order valence-corrected chi connectivity index (χ2v) is 8.56. The average molecular weight is 436 g/mol. The largest absolute Gasteiger partial charge is 0.489 e. The number of rotatable bonds is 4. The molecule has 0 spiro atoms. The van der Waals surface area contributed by atoms with E-state index in [0.717, 1.165) is 12.0 Å². The number of amides is 1. The van der Waals surface area contributed by atoms with Gasteiger partial charge in [0.05, 0.1) is 23.1 Å². The molecule has 0 aliphatic carbocycles. The molecule has 0 unspecified atom stereocenters. The summed E-state index contributed by atoms with van der Waals surface area (Å²) in [5, 5.41) is 3.16. The highest BCUT2D eigenvalue weighted by Crippen LogP contribution is 2.37. The summed E-state index contributed by atoms with van der Waals surface area (Å²) < 4.78 is 37.7. The average Bonchev–Trinajstić information content (AvgIpc) is 2.85.